The number of aromatic nitrogens is 1. The van der Waals surface area contributed by atoms with Crippen molar-refractivity contribution in [2.75, 3.05) is 12.8 Å². The number of anilines is 1. The number of alkyl halides is 2. The maximum Gasteiger partial charge on any atom is 0.268 e. The monoisotopic (exact) mass is 252 g/mol. The van der Waals surface area contributed by atoms with Crippen LogP contribution in [0.2, 0.25) is 0 Å². The Morgan fingerprint density at radius 1 is 1.62 bits per heavy atom. The fraction of sp³-hybridized carbons (Fsp3) is 0.286. The molecule has 0 atom stereocenters. The molecule has 0 aliphatic rings. The van der Waals surface area contributed by atoms with E-state index in [9.17, 15) is 8.78 Å². The first-order chi connectivity index (χ1) is 6.07. The number of hydrogen-bond acceptors (Lipinski definition) is 3. The zero-order chi connectivity index (χ0) is 10.0. The number of nitrogens with two attached hydrogens (primary N) is 1. The highest BCUT2D eigenvalue weighted by Crippen LogP contribution is 2.35. The fourth-order valence-corrected chi connectivity index (χ4v) is 1.36. The van der Waals surface area contributed by atoms with E-state index in [4.69, 9.17) is 10.5 Å². The second-order valence-corrected chi connectivity index (χ2v) is 3.00. The number of hydrogen-bond donors (Lipinski definition) is 1. The normalized spacial score (nSPS) is 10.5. The first-order valence-electron chi connectivity index (χ1n) is 3.34. The average molecular weight is 253 g/mol. The van der Waals surface area contributed by atoms with Crippen LogP contribution in [-0.4, -0.2) is 12.1 Å². The lowest BCUT2D eigenvalue weighted by atomic mass is 10.2. The third-order valence-corrected chi connectivity index (χ3v) is 2.14. The molecular formula is C7H7BrF2N2O. The number of rotatable bonds is 2. The summed E-state index contributed by atoms with van der Waals surface area (Å²) in [5, 5.41) is 0. The van der Waals surface area contributed by atoms with Crippen molar-refractivity contribution in [1.29, 1.82) is 0 Å². The Bertz CT molecular complexity index is 320. The zero-order valence-corrected chi connectivity index (χ0v) is 8.31. The van der Waals surface area contributed by atoms with E-state index in [2.05, 4.69) is 20.9 Å². The molecule has 0 fully saturated rings. The van der Waals surface area contributed by atoms with Gasteiger partial charge in [0, 0.05) is 0 Å². The van der Waals surface area contributed by atoms with Crippen LogP contribution in [0.3, 0.4) is 0 Å². The summed E-state index contributed by atoms with van der Waals surface area (Å²) in [4.78, 5) is 3.66. The number of pyridine rings is 1. The van der Waals surface area contributed by atoms with Crippen molar-refractivity contribution in [3.8, 4) is 5.75 Å². The Labute approximate surface area is 82.0 Å². The standard InChI is InChI=1S/C7H7BrF2N2O/c1-13-3-2-12-6(8)4(5(3)11)7(9)10/h2,7H,1H3,(H2,11,12). The highest BCUT2D eigenvalue weighted by atomic mass is 79.9. The third kappa shape index (κ3) is 1.88. The molecule has 1 rings (SSSR count). The van der Waals surface area contributed by atoms with Gasteiger partial charge in [-0.2, -0.15) is 0 Å². The number of halogens is 3. The van der Waals surface area contributed by atoms with Crippen LogP contribution >= 0.6 is 15.9 Å². The van der Waals surface area contributed by atoms with Crippen LogP contribution in [0.25, 0.3) is 0 Å². The summed E-state index contributed by atoms with van der Waals surface area (Å²) in [5.41, 5.74) is 5.00. The van der Waals surface area contributed by atoms with Crippen molar-refractivity contribution in [2.45, 2.75) is 6.43 Å². The number of ether oxygens (including phenoxy) is 1. The van der Waals surface area contributed by atoms with E-state index < -0.39 is 6.43 Å². The molecule has 3 nitrogen and oxygen atoms in total. The van der Waals surface area contributed by atoms with E-state index in [1.807, 2.05) is 0 Å². The van der Waals surface area contributed by atoms with Crippen molar-refractivity contribution < 1.29 is 13.5 Å². The van der Waals surface area contributed by atoms with E-state index in [-0.39, 0.29) is 21.6 Å². The quantitative estimate of drug-likeness (QED) is 0.823. The van der Waals surface area contributed by atoms with Crippen LogP contribution < -0.4 is 10.5 Å². The summed E-state index contributed by atoms with van der Waals surface area (Å²) in [7, 11) is 1.34. The van der Waals surface area contributed by atoms with Gasteiger partial charge in [0.1, 0.15) is 4.60 Å². The smallest absolute Gasteiger partial charge is 0.268 e. The van der Waals surface area contributed by atoms with Crippen molar-refractivity contribution in [1.82, 2.24) is 4.98 Å². The molecule has 0 spiro atoms. The summed E-state index contributed by atoms with van der Waals surface area (Å²) in [6.45, 7) is 0. The lowest BCUT2D eigenvalue weighted by Crippen LogP contribution is -2.01. The zero-order valence-electron chi connectivity index (χ0n) is 6.72. The maximum atomic E-state index is 12.4. The maximum absolute atomic E-state index is 12.4. The van der Waals surface area contributed by atoms with Gasteiger partial charge in [-0.3, -0.25) is 0 Å². The number of nitrogens with zero attached hydrogens (tertiary/aromatic N) is 1. The molecule has 0 amide bonds. The molecule has 6 heteroatoms. The third-order valence-electron chi connectivity index (χ3n) is 1.51. The van der Waals surface area contributed by atoms with Crippen LogP contribution in [-0.2, 0) is 0 Å². The summed E-state index contributed by atoms with van der Waals surface area (Å²) in [5.74, 6) is 0.151. The van der Waals surface area contributed by atoms with Crippen LogP contribution in [0.1, 0.15) is 12.0 Å². The van der Waals surface area contributed by atoms with Gasteiger partial charge in [-0.1, -0.05) is 0 Å². The number of methoxy groups -OCH3 is 1. The fourth-order valence-electron chi connectivity index (χ4n) is 0.868. The van der Waals surface area contributed by atoms with Crippen LogP contribution in [0, 0.1) is 0 Å². The minimum atomic E-state index is -2.67. The van der Waals surface area contributed by atoms with Crippen LogP contribution in [0.15, 0.2) is 10.8 Å². The van der Waals surface area contributed by atoms with E-state index >= 15 is 0 Å². The SMILES string of the molecule is COc1cnc(Br)c(C(F)F)c1N. The average Bonchev–Trinajstić information content (AvgIpc) is 2.04. The first kappa shape index (κ1) is 10.2. The largest absolute Gasteiger partial charge is 0.493 e. The molecule has 13 heavy (non-hydrogen) atoms. The molecule has 1 aromatic rings. The Balaban J connectivity index is 3.30. The van der Waals surface area contributed by atoms with Crippen molar-refractivity contribution in [2.24, 2.45) is 0 Å². The molecule has 0 saturated carbocycles. The predicted molar refractivity (Wildman–Crippen MR) is 47.9 cm³/mol. The highest BCUT2D eigenvalue weighted by Gasteiger charge is 2.19. The highest BCUT2D eigenvalue weighted by molar-refractivity contribution is 9.10. The Hall–Kier alpha value is -0.910. The molecule has 1 heterocycles. The molecule has 2 N–H and O–H groups in total. The number of nitrogen functional groups attached to an aromatic ring is 1. The Morgan fingerprint density at radius 2 is 2.23 bits per heavy atom. The molecule has 0 bridgehead atoms. The summed E-state index contributed by atoms with van der Waals surface area (Å²) in [6, 6.07) is 0. The topological polar surface area (TPSA) is 48.1 Å². The van der Waals surface area contributed by atoms with Gasteiger partial charge in [-0.25, -0.2) is 13.8 Å². The van der Waals surface area contributed by atoms with Gasteiger partial charge >= 0.3 is 0 Å². The van der Waals surface area contributed by atoms with Crippen molar-refractivity contribution in [3.05, 3.63) is 16.4 Å². The van der Waals surface area contributed by atoms with Gasteiger partial charge in [0.25, 0.3) is 6.43 Å². The Kier molecular flexibility index (Phi) is 3.02. The van der Waals surface area contributed by atoms with E-state index in [1.165, 1.54) is 13.3 Å². The van der Waals surface area contributed by atoms with Gasteiger partial charge in [0.2, 0.25) is 0 Å². The molecule has 0 aromatic carbocycles. The van der Waals surface area contributed by atoms with E-state index in [1.54, 1.807) is 0 Å². The molecule has 0 unspecified atom stereocenters. The summed E-state index contributed by atoms with van der Waals surface area (Å²) >= 11 is 2.88. The second kappa shape index (κ2) is 3.87. The summed E-state index contributed by atoms with van der Waals surface area (Å²) in [6.07, 6.45) is -1.39. The second-order valence-electron chi connectivity index (χ2n) is 2.25. The predicted octanol–water partition coefficient (Wildman–Crippen LogP) is 2.37. The molecule has 1 aromatic heterocycles. The van der Waals surface area contributed by atoms with Crippen LogP contribution in [0.5, 0.6) is 5.75 Å². The van der Waals surface area contributed by atoms with Gasteiger partial charge < -0.3 is 10.5 Å². The van der Waals surface area contributed by atoms with Crippen LogP contribution in [0.4, 0.5) is 14.5 Å². The van der Waals surface area contributed by atoms with E-state index in [0.29, 0.717) is 0 Å². The lowest BCUT2D eigenvalue weighted by Gasteiger charge is -2.09. The lowest BCUT2D eigenvalue weighted by molar-refractivity contribution is 0.150. The molecule has 0 saturated heterocycles. The Morgan fingerprint density at radius 3 is 2.69 bits per heavy atom. The van der Waals surface area contributed by atoms with Gasteiger partial charge in [-0.15, -0.1) is 0 Å². The van der Waals surface area contributed by atoms with E-state index in [0.717, 1.165) is 0 Å². The van der Waals surface area contributed by atoms with Crippen molar-refractivity contribution in [3.63, 3.8) is 0 Å². The molecular weight excluding hydrogens is 246 g/mol. The van der Waals surface area contributed by atoms with Gasteiger partial charge in [0.05, 0.1) is 24.6 Å². The molecule has 0 aliphatic heterocycles. The first-order valence-corrected chi connectivity index (χ1v) is 4.13. The summed E-state index contributed by atoms with van der Waals surface area (Å²) < 4.78 is 29.6. The molecule has 0 aliphatic carbocycles. The van der Waals surface area contributed by atoms with Crippen molar-refractivity contribution >= 4 is 21.6 Å². The van der Waals surface area contributed by atoms with Gasteiger partial charge in [0.15, 0.2) is 5.75 Å². The minimum absolute atomic E-state index is 0.0424. The minimum Gasteiger partial charge on any atom is -0.493 e. The van der Waals surface area contributed by atoms with Gasteiger partial charge in [-0.05, 0) is 15.9 Å². The molecule has 0 radical (unpaired) electrons. The molecule has 72 valence electrons.